The number of pyridine rings is 1. The van der Waals surface area contributed by atoms with E-state index in [-0.39, 0.29) is 5.56 Å². The highest BCUT2D eigenvalue weighted by molar-refractivity contribution is 5.97. The summed E-state index contributed by atoms with van der Waals surface area (Å²) in [6, 6.07) is 13.1. The highest BCUT2D eigenvalue weighted by atomic mass is 19.1. The van der Waals surface area contributed by atoms with E-state index in [1.807, 2.05) is 31.2 Å². The molecule has 0 saturated heterocycles. The first-order valence-electron chi connectivity index (χ1n) is 6.45. The average Bonchev–Trinajstić information content (AvgIpc) is 2.46. The van der Waals surface area contributed by atoms with Gasteiger partial charge in [-0.15, -0.1) is 0 Å². The molecule has 0 fully saturated rings. The molecule has 0 atom stereocenters. The molecule has 0 amide bonds. The van der Waals surface area contributed by atoms with Crippen LogP contribution in [0.15, 0.2) is 48.5 Å². The van der Waals surface area contributed by atoms with Crippen LogP contribution in [0.5, 0.6) is 0 Å². The van der Waals surface area contributed by atoms with Crippen molar-refractivity contribution in [1.82, 2.24) is 4.98 Å². The van der Waals surface area contributed by atoms with Gasteiger partial charge in [-0.2, -0.15) is 0 Å². The number of hydrogen-bond acceptors (Lipinski definition) is 2. The molecule has 0 aliphatic carbocycles. The lowest BCUT2D eigenvalue weighted by Gasteiger charge is -2.08. The Labute approximate surface area is 120 Å². The Morgan fingerprint density at radius 3 is 2.67 bits per heavy atom. The topological polar surface area (TPSA) is 50.2 Å². The lowest BCUT2D eigenvalue weighted by atomic mass is 9.98. The lowest BCUT2D eigenvalue weighted by Crippen LogP contribution is -2.00. The zero-order chi connectivity index (χ0) is 15.0. The summed E-state index contributed by atoms with van der Waals surface area (Å²) in [6.07, 6.45) is 0. The van der Waals surface area contributed by atoms with Crippen molar-refractivity contribution < 1.29 is 14.3 Å². The van der Waals surface area contributed by atoms with E-state index in [2.05, 4.69) is 4.98 Å². The molecule has 3 aromatic rings. The summed E-state index contributed by atoms with van der Waals surface area (Å²) in [5.74, 6) is -1.71. The van der Waals surface area contributed by atoms with Crippen LogP contribution in [0.1, 0.15) is 16.1 Å². The highest BCUT2D eigenvalue weighted by Crippen LogP contribution is 2.27. The van der Waals surface area contributed by atoms with Crippen LogP contribution < -0.4 is 0 Å². The van der Waals surface area contributed by atoms with Crippen LogP contribution in [0, 0.1) is 12.7 Å². The van der Waals surface area contributed by atoms with Crippen molar-refractivity contribution in [2.24, 2.45) is 0 Å². The summed E-state index contributed by atoms with van der Waals surface area (Å²) in [5.41, 5.74) is 2.94. The van der Waals surface area contributed by atoms with Gasteiger partial charge >= 0.3 is 5.97 Å². The third-order valence-corrected chi connectivity index (χ3v) is 3.35. The number of aryl methyl sites for hydroxylation is 1. The van der Waals surface area contributed by atoms with Gasteiger partial charge in [-0.25, -0.2) is 9.18 Å². The van der Waals surface area contributed by atoms with Crippen LogP contribution >= 0.6 is 0 Å². The van der Waals surface area contributed by atoms with Crippen molar-refractivity contribution >= 4 is 16.9 Å². The SMILES string of the molecule is Cc1ccc2cc(-c3ccc(F)cc3C(=O)O)ccc2n1. The average molecular weight is 281 g/mol. The molecule has 0 aliphatic heterocycles. The molecule has 0 spiro atoms. The van der Waals surface area contributed by atoms with E-state index in [1.54, 1.807) is 6.07 Å². The number of aromatic nitrogens is 1. The van der Waals surface area contributed by atoms with Gasteiger partial charge < -0.3 is 5.11 Å². The van der Waals surface area contributed by atoms with E-state index in [0.717, 1.165) is 28.2 Å². The molecular formula is C17H12FNO2. The second-order valence-corrected chi connectivity index (χ2v) is 4.86. The van der Waals surface area contributed by atoms with Crippen molar-refractivity contribution in [2.45, 2.75) is 6.92 Å². The fourth-order valence-electron chi connectivity index (χ4n) is 2.34. The second-order valence-electron chi connectivity index (χ2n) is 4.86. The number of aromatic carboxylic acids is 1. The molecule has 0 saturated carbocycles. The Bertz CT molecular complexity index is 859. The molecule has 21 heavy (non-hydrogen) atoms. The number of halogens is 1. The molecule has 1 N–H and O–H groups in total. The van der Waals surface area contributed by atoms with Crippen LogP contribution in [0.2, 0.25) is 0 Å². The number of carboxylic acids is 1. The van der Waals surface area contributed by atoms with Gasteiger partial charge in [-0.3, -0.25) is 4.98 Å². The zero-order valence-corrected chi connectivity index (χ0v) is 11.3. The number of carbonyl (C=O) groups is 1. The molecule has 0 aliphatic rings. The van der Waals surface area contributed by atoms with E-state index in [0.29, 0.717) is 5.56 Å². The van der Waals surface area contributed by atoms with Gasteiger partial charge in [0.25, 0.3) is 0 Å². The third-order valence-electron chi connectivity index (χ3n) is 3.35. The predicted octanol–water partition coefficient (Wildman–Crippen LogP) is 4.05. The first-order chi connectivity index (χ1) is 10.0. The zero-order valence-electron chi connectivity index (χ0n) is 11.3. The molecule has 104 valence electrons. The van der Waals surface area contributed by atoms with Gasteiger partial charge in [0, 0.05) is 11.1 Å². The van der Waals surface area contributed by atoms with Crippen molar-refractivity contribution in [3.63, 3.8) is 0 Å². The number of hydrogen-bond donors (Lipinski definition) is 1. The molecule has 3 rings (SSSR count). The van der Waals surface area contributed by atoms with Gasteiger partial charge in [-0.1, -0.05) is 18.2 Å². The largest absolute Gasteiger partial charge is 0.478 e. The normalized spacial score (nSPS) is 10.8. The number of carboxylic acid groups (broad SMARTS) is 1. The molecule has 0 radical (unpaired) electrons. The molecular weight excluding hydrogens is 269 g/mol. The first kappa shape index (κ1) is 13.2. The smallest absolute Gasteiger partial charge is 0.336 e. The Hall–Kier alpha value is -2.75. The highest BCUT2D eigenvalue weighted by Gasteiger charge is 2.13. The van der Waals surface area contributed by atoms with Crippen LogP contribution in [0.25, 0.3) is 22.0 Å². The van der Waals surface area contributed by atoms with Gasteiger partial charge in [0.15, 0.2) is 0 Å². The van der Waals surface area contributed by atoms with E-state index < -0.39 is 11.8 Å². The lowest BCUT2D eigenvalue weighted by molar-refractivity contribution is 0.0697. The Morgan fingerprint density at radius 2 is 1.90 bits per heavy atom. The fraction of sp³-hybridized carbons (Fsp3) is 0.0588. The number of rotatable bonds is 2. The fourth-order valence-corrected chi connectivity index (χ4v) is 2.34. The molecule has 4 heteroatoms. The van der Waals surface area contributed by atoms with Gasteiger partial charge in [0.1, 0.15) is 5.82 Å². The second kappa shape index (κ2) is 4.98. The summed E-state index contributed by atoms with van der Waals surface area (Å²) in [5, 5.41) is 10.1. The predicted molar refractivity (Wildman–Crippen MR) is 78.8 cm³/mol. The van der Waals surface area contributed by atoms with E-state index in [9.17, 15) is 14.3 Å². The number of fused-ring (bicyclic) bond motifs is 1. The molecule has 2 aromatic carbocycles. The monoisotopic (exact) mass is 281 g/mol. The van der Waals surface area contributed by atoms with Crippen LogP contribution in [0.4, 0.5) is 4.39 Å². The standard InChI is InChI=1S/C17H12FNO2/c1-10-2-3-12-8-11(4-7-16(12)19-10)14-6-5-13(18)9-15(14)17(20)21/h2-9H,1H3,(H,20,21). The number of nitrogens with zero attached hydrogens (tertiary/aromatic N) is 1. The number of benzene rings is 2. The quantitative estimate of drug-likeness (QED) is 0.771. The van der Waals surface area contributed by atoms with Crippen LogP contribution in [-0.4, -0.2) is 16.1 Å². The van der Waals surface area contributed by atoms with Crippen molar-refractivity contribution in [3.05, 3.63) is 65.6 Å². The maximum absolute atomic E-state index is 13.2. The summed E-state index contributed by atoms with van der Waals surface area (Å²) >= 11 is 0. The summed E-state index contributed by atoms with van der Waals surface area (Å²) in [7, 11) is 0. The molecule has 3 nitrogen and oxygen atoms in total. The summed E-state index contributed by atoms with van der Waals surface area (Å²) in [6.45, 7) is 1.91. The molecule has 0 bridgehead atoms. The van der Waals surface area contributed by atoms with Gasteiger partial charge in [-0.05, 0) is 48.4 Å². The molecule has 1 heterocycles. The Balaban J connectivity index is 2.21. The summed E-state index contributed by atoms with van der Waals surface area (Å²) < 4.78 is 13.2. The minimum absolute atomic E-state index is 0.0468. The Morgan fingerprint density at radius 1 is 1.10 bits per heavy atom. The minimum Gasteiger partial charge on any atom is -0.478 e. The van der Waals surface area contributed by atoms with Gasteiger partial charge in [0.05, 0.1) is 11.1 Å². The van der Waals surface area contributed by atoms with Crippen molar-refractivity contribution in [2.75, 3.05) is 0 Å². The first-order valence-corrected chi connectivity index (χ1v) is 6.45. The molecule has 0 unspecified atom stereocenters. The minimum atomic E-state index is -1.15. The van der Waals surface area contributed by atoms with E-state index in [1.165, 1.54) is 12.1 Å². The summed E-state index contributed by atoms with van der Waals surface area (Å²) in [4.78, 5) is 15.7. The molecule has 1 aromatic heterocycles. The van der Waals surface area contributed by atoms with Gasteiger partial charge in [0.2, 0.25) is 0 Å². The van der Waals surface area contributed by atoms with Crippen LogP contribution in [-0.2, 0) is 0 Å². The maximum Gasteiger partial charge on any atom is 0.336 e. The van der Waals surface area contributed by atoms with Crippen molar-refractivity contribution in [1.29, 1.82) is 0 Å². The third kappa shape index (κ3) is 2.48. The van der Waals surface area contributed by atoms with E-state index in [4.69, 9.17) is 0 Å². The van der Waals surface area contributed by atoms with Crippen molar-refractivity contribution in [3.8, 4) is 11.1 Å². The van der Waals surface area contributed by atoms with E-state index >= 15 is 0 Å². The Kier molecular flexibility index (Phi) is 3.14. The van der Waals surface area contributed by atoms with Crippen LogP contribution in [0.3, 0.4) is 0 Å². The maximum atomic E-state index is 13.2.